The fraction of sp³-hybridized carbons (Fsp3) is 0.913. The molecule has 0 bridgehead atoms. The van der Waals surface area contributed by atoms with Crippen molar-refractivity contribution in [3.63, 3.8) is 0 Å². The van der Waals surface area contributed by atoms with Gasteiger partial charge in [-0.05, 0) is 64.5 Å². The number of carbonyl (C=O) groups excluding carboxylic acids is 2. The molecule has 31 heavy (non-hydrogen) atoms. The Bertz CT molecular complexity index is 576. The van der Waals surface area contributed by atoms with Gasteiger partial charge in [-0.1, -0.05) is 6.42 Å². The lowest BCUT2D eigenvalue weighted by molar-refractivity contribution is -0.152. The summed E-state index contributed by atoms with van der Waals surface area (Å²) in [5.74, 6) is -0.0824. The number of piperidine rings is 2. The number of piperazine rings is 1. The molecule has 0 spiro atoms. The molecular formula is C23H41N5O3. The summed E-state index contributed by atoms with van der Waals surface area (Å²) in [7, 11) is 0. The lowest BCUT2D eigenvalue weighted by Crippen LogP contribution is -2.57. The number of rotatable bonds is 5. The molecule has 8 heteroatoms. The van der Waals surface area contributed by atoms with Crippen molar-refractivity contribution in [3.05, 3.63) is 0 Å². The molecule has 2 amide bonds. The summed E-state index contributed by atoms with van der Waals surface area (Å²) in [6.07, 6.45) is 10.0. The quantitative estimate of drug-likeness (QED) is 0.636. The number of carbonyl (C=O) groups is 2. The third-order valence-electron chi connectivity index (χ3n) is 7.54. The first-order valence-electron chi connectivity index (χ1n) is 12.6. The van der Waals surface area contributed by atoms with E-state index in [-0.39, 0.29) is 24.1 Å². The highest BCUT2D eigenvalue weighted by molar-refractivity contribution is 5.74. The minimum absolute atomic E-state index is 0.0824. The fourth-order valence-corrected chi connectivity index (χ4v) is 5.55. The van der Waals surface area contributed by atoms with Crippen LogP contribution in [0.25, 0.3) is 0 Å². The zero-order valence-electron chi connectivity index (χ0n) is 19.0. The molecule has 4 fully saturated rings. The molecule has 1 saturated carbocycles. The number of hydrogen-bond donors (Lipinski definition) is 2. The van der Waals surface area contributed by atoms with E-state index in [2.05, 4.69) is 20.4 Å². The predicted octanol–water partition coefficient (Wildman–Crippen LogP) is 1.41. The number of hydrogen-bond acceptors (Lipinski definition) is 6. The van der Waals surface area contributed by atoms with Crippen LogP contribution >= 0.6 is 0 Å². The van der Waals surface area contributed by atoms with Gasteiger partial charge in [0, 0.05) is 51.4 Å². The minimum Gasteiger partial charge on any atom is -0.461 e. The Kier molecular flexibility index (Phi) is 8.44. The first-order chi connectivity index (χ1) is 15.2. The number of likely N-dealkylation sites (tertiary alicyclic amines) is 1. The summed E-state index contributed by atoms with van der Waals surface area (Å²) in [5, 5.41) is 6.67. The van der Waals surface area contributed by atoms with Crippen LogP contribution in [0.15, 0.2) is 0 Å². The van der Waals surface area contributed by atoms with E-state index >= 15 is 0 Å². The number of amides is 2. The van der Waals surface area contributed by atoms with Crippen LogP contribution in [0.4, 0.5) is 4.79 Å². The molecule has 3 heterocycles. The van der Waals surface area contributed by atoms with Crippen molar-refractivity contribution >= 4 is 12.0 Å². The van der Waals surface area contributed by atoms with Crippen LogP contribution in [0.2, 0.25) is 0 Å². The largest absolute Gasteiger partial charge is 0.461 e. The zero-order chi connectivity index (χ0) is 21.5. The third-order valence-corrected chi connectivity index (χ3v) is 7.54. The van der Waals surface area contributed by atoms with Gasteiger partial charge >= 0.3 is 12.0 Å². The van der Waals surface area contributed by atoms with Crippen LogP contribution in [-0.2, 0) is 9.53 Å². The van der Waals surface area contributed by atoms with Crippen LogP contribution in [0.3, 0.4) is 0 Å². The Balaban J connectivity index is 1.11. The molecule has 4 aliphatic rings. The average Bonchev–Trinajstić information content (AvgIpc) is 2.81. The Morgan fingerprint density at radius 1 is 0.839 bits per heavy atom. The molecule has 0 radical (unpaired) electrons. The molecule has 2 N–H and O–H groups in total. The summed E-state index contributed by atoms with van der Waals surface area (Å²) < 4.78 is 5.65. The van der Waals surface area contributed by atoms with E-state index in [1.165, 1.54) is 32.1 Å². The molecule has 176 valence electrons. The highest BCUT2D eigenvalue weighted by Gasteiger charge is 2.29. The number of urea groups is 1. The highest BCUT2D eigenvalue weighted by Crippen LogP contribution is 2.21. The molecule has 1 aliphatic carbocycles. The van der Waals surface area contributed by atoms with Crippen molar-refractivity contribution in [3.8, 4) is 0 Å². The zero-order valence-corrected chi connectivity index (χ0v) is 19.0. The van der Waals surface area contributed by atoms with Gasteiger partial charge in [0.1, 0.15) is 6.10 Å². The van der Waals surface area contributed by atoms with Gasteiger partial charge in [-0.2, -0.15) is 0 Å². The van der Waals surface area contributed by atoms with Crippen molar-refractivity contribution in [2.45, 2.75) is 76.0 Å². The van der Waals surface area contributed by atoms with Gasteiger partial charge < -0.3 is 20.3 Å². The summed E-state index contributed by atoms with van der Waals surface area (Å²) in [6, 6.07) is 0.973. The van der Waals surface area contributed by atoms with Crippen molar-refractivity contribution in [1.82, 2.24) is 25.3 Å². The molecule has 4 rings (SSSR count). The van der Waals surface area contributed by atoms with Crippen molar-refractivity contribution in [1.29, 1.82) is 0 Å². The maximum Gasteiger partial charge on any atom is 0.320 e. The predicted molar refractivity (Wildman–Crippen MR) is 120 cm³/mol. The van der Waals surface area contributed by atoms with Gasteiger partial charge in [-0.3, -0.25) is 14.6 Å². The van der Waals surface area contributed by atoms with Crippen LogP contribution in [0.1, 0.15) is 57.8 Å². The smallest absolute Gasteiger partial charge is 0.320 e. The molecule has 3 saturated heterocycles. The average molecular weight is 436 g/mol. The number of nitrogens with zero attached hydrogens (tertiary/aromatic N) is 3. The summed E-state index contributed by atoms with van der Waals surface area (Å²) in [5.41, 5.74) is 0. The maximum absolute atomic E-state index is 12.7. The number of nitrogens with one attached hydrogen (secondary N) is 2. The van der Waals surface area contributed by atoms with Gasteiger partial charge in [0.05, 0.1) is 6.54 Å². The number of esters is 1. The summed E-state index contributed by atoms with van der Waals surface area (Å²) in [4.78, 5) is 31.7. The van der Waals surface area contributed by atoms with Gasteiger partial charge in [-0.25, -0.2) is 4.79 Å². The molecule has 0 aromatic rings. The lowest BCUT2D eigenvalue weighted by Gasteiger charge is -2.41. The van der Waals surface area contributed by atoms with E-state index in [1.54, 1.807) is 0 Å². The lowest BCUT2D eigenvalue weighted by atomic mass is 9.98. The second-order valence-corrected chi connectivity index (χ2v) is 9.75. The van der Waals surface area contributed by atoms with Crippen molar-refractivity contribution < 1.29 is 14.3 Å². The van der Waals surface area contributed by atoms with Crippen LogP contribution in [0.5, 0.6) is 0 Å². The highest BCUT2D eigenvalue weighted by atomic mass is 16.5. The second kappa shape index (κ2) is 11.5. The van der Waals surface area contributed by atoms with E-state index in [4.69, 9.17) is 4.74 Å². The van der Waals surface area contributed by atoms with Gasteiger partial charge in [0.25, 0.3) is 0 Å². The van der Waals surface area contributed by atoms with E-state index < -0.39 is 0 Å². The molecule has 3 aliphatic heterocycles. The van der Waals surface area contributed by atoms with Gasteiger partial charge in [0.15, 0.2) is 0 Å². The van der Waals surface area contributed by atoms with Crippen LogP contribution in [0, 0.1) is 0 Å². The molecule has 8 nitrogen and oxygen atoms in total. The molecule has 0 unspecified atom stereocenters. The maximum atomic E-state index is 12.7. The minimum atomic E-state index is -0.0824. The standard InChI is InChI=1S/C23H41N5O3/c29-22(31-21-4-2-1-3-5-21)18-26-12-8-19(9-13-26)25-23(30)28-16-14-27(15-17-28)20-6-10-24-11-7-20/h19-21,24H,1-18H2,(H,25,30). The Labute approximate surface area is 187 Å². The van der Waals surface area contributed by atoms with E-state index in [1.807, 2.05) is 4.90 Å². The SMILES string of the molecule is O=C(CN1CCC(NC(=O)N2CCN(C3CCNCC3)CC2)CC1)OC1CCCCC1. The molecule has 0 aromatic heterocycles. The van der Waals surface area contributed by atoms with Gasteiger partial charge in [-0.15, -0.1) is 0 Å². The first-order valence-corrected chi connectivity index (χ1v) is 12.6. The Morgan fingerprint density at radius 2 is 1.52 bits per heavy atom. The van der Waals surface area contributed by atoms with E-state index in [9.17, 15) is 9.59 Å². The number of ether oxygens (including phenoxy) is 1. The topological polar surface area (TPSA) is 77.2 Å². The second-order valence-electron chi connectivity index (χ2n) is 9.75. The van der Waals surface area contributed by atoms with E-state index in [0.29, 0.717) is 12.6 Å². The molecular weight excluding hydrogens is 394 g/mol. The first kappa shape index (κ1) is 22.8. The normalized spacial score (nSPS) is 26.0. The molecule has 0 atom stereocenters. The summed E-state index contributed by atoms with van der Waals surface area (Å²) in [6.45, 7) is 7.91. The van der Waals surface area contributed by atoms with Crippen LogP contribution < -0.4 is 10.6 Å². The van der Waals surface area contributed by atoms with Crippen molar-refractivity contribution in [2.75, 3.05) is 58.9 Å². The Morgan fingerprint density at radius 3 is 2.19 bits per heavy atom. The molecule has 0 aromatic carbocycles. The Hall–Kier alpha value is -1.38. The third kappa shape index (κ3) is 6.80. The summed E-state index contributed by atoms with van der Waals surface area (Å²) >= 11 is 0. The van der Waals surface area contributed by atoms with Crippen LogP contribution in [-0.4, -0.2) is 104 Å². The van der Waals surface area contributed by atoms with Crippen molar-refractivity contribution in [2.24, 2.45) is 0 Å². The fourth-order valence-electron chi connectivity index (χ4n) is 5.55. The monoisotopic (exact) mass is 435 g/mol. The van der Waals surface area contributed by atoms with E-state index in [0.717, 1.165) is 78.0 Å². The van der Waals surface area contributed by atoms with Gasteiger partial charge in [0.2, 0.25) is 0 Å².